The highest BCUT2D eigenvalue weighted by Gasteiger charge is 2.30. The largest absolute Gasteiger partial charge is 0.102 e. The van der Waals surface area contributed by atoms with E-state index in [1.165, 1.54) is 6.42 Å². The van der Waals surface area contributed by atoms with E-state index in [0.29, 0.717) is 5.04 Å². The van der Waals surface area contributed by atoms with Gasteiger partial charge in [-0.05, 0) is 17.9 Å². The Bertz CT molecular complexity index is 357. The molecule has 0 aliphatic carbocycles. The van der Waals surface area contributed by atoms with Crippen molar-refractivity contribution in [3.8, 4) is 0 Å². The predicted octanol–water partition coefficient (Wildman–Crippen LogP) is 4.21. The van der Waals surface area contributed by atoms with Crippen molar-refractivity contribution in [3.05, 3.63) is 41.6 Å². The van der Waals surface area contributed by atoms with E-state index in [1.54, 1.807) is 10.4 Å². The van der Waals surface area contributed by atoms with E-state index in [9.17, 15) is 0 Å². The fraction of sp³-hybridized carbons (Fsp3) is 0.500. The van der Waals surface area contributed by atoms with E-state index < -0.39 is 8.80 Å². The summed E-state index contributed by atoms with van der Waals surface area (Å²) in [7, 11) is -1.05. The van der Waals surface area contributed by atoms with E-state index >= 15 is 0 Å². The van der Waals surface area contributed by atoms with Crippen molar-refractivity contribution >= 4 is 14.0 Å². The van der Waals surface area contributed by atoms with Gasteiger partial charge in [-0.3, -0.25) is 0 Å². The molecule has 0 saturated carbocycles. The Labute approximate surface area is 108 Å². The van der Waals surface area contributed by atoms with Gasteiger partial charge in [0.05, 0.1) is 0 Å². The van der Waals surface area contributed by atoms with Gasteiger partial charge in [-0.2, -0.15) is 0 Å². The third kappa shape index (κ3) is 3.85. The standard InChI is InChI=1S/C16H26Si/c1-6-11-14(7-2)17(16(3,4)5)15-12-9-8-10-13-15/h8-13,17H,6-7H2,1-5H3/b14-11+/t17-/m0/s1. The number of hydrogen-bond acceptors (Lipinski definition) is 0. The van der Waals surface area contributed by atoms with Gasteiger partial charge < -0.3 is 0 Å². The van der Waals surface area contributed by atoms with E-state index in [1.807, 2.05) is 0 Å². The Hall–Kier alpha value is -0.823. The van der Waals surface area contributed by atoms with Crippen LogP contribution in [0.1, 0.15) is 47.5 Å². The molecule has 0 aliphatic rings. The Morgan fingerprint density at radius 2 is 1.71 bits per heavy atom. The van der Waals surface area contributed by atoms with Gasteiger partial charge in [-0.15, -0.1) is 0 Å². The van der Waals surface area contributed by atoms with Crippen molar-refractivity contribution in [1.29, 1.82) is 0 Å². The van der Waals surface area contributed by atoms with Crippen molar-refractivity contribution in [1.82, 2.24) is 0 Å². The molecule has 0 bridgehead atoms. The molecule has 1 aromatic rings. The third-order valence-electron chi connectivity index (χ3n) is 3.24. The smallest absolute Gasteiger partial charge is 0.0893 e. The molecule has 0 nitrogen and oxygen atoms in total. The lowest BCUT2D eigenvalue weighted by molar-refractivity contribution is 0.743. The summed E-state index contributed by atoms with van der Waals surface area (Å²) < 4.78 is 0. The van der Waals surface area contributed by atoms with Gasteiger partial charge in [0, 0.05) is 0 Å². The van der Waals surface area contributed by atoms with Crippen LogP contribution in [0.4, 0.5) is 0 Å². The zero-order valence-electron chi connectivity index (χ0n) is 12.0. The first-order chi connectivity index (χ1) is 8.00. The first-order valence-electron chi connectivity index (χ1n) is 6.74. The van der Waals surface area contributed by atoms with Gasteiger partial charge >= 0.3 is 0 Å². The highest BCUT2D eigenvalue weighted by molar-refractivity contribution is 6.82. The van der Waals surface area contributed by atoms with Gasteiger partial charge in [-0.25, -0.2) is 0 Å². The lowest BCUT2D eigenvalue weighted by atomic mass is 10.2. The Kier molecular flexibility index (Phi) is 5.19. The highest BCUT2D eigenvalue weighted by atomic mass is 28.3. The molecular weight excluding hydrogens is 220 g/mol. The second-order valence-electron chi connectivity index (χ2n) is 5.75. The van der Waals surface area contributed by atoms with E-state index in [2.05, 4.69) is 71.0 Å². The maximum absolute atomic E-state index is 2.47. The number of hydrogen-bond donors (Lipinski definition) is 0. The minimum absolute atomic E-state index is 0.415. The van der Waals surface area contributed by atoms with E-state index in [4.69, 9.17) is 0 Å². The molecule has 0 spiro atoms. The predicted molar refractivity (Wildman–Crippen MR) is 81.6 cm³/mol. The second kappa shape index (κ2) is 6.20. The van der Waals surface area contributed by atoms with Crippen molar-refractivity contribution in [3.63, 3.8) is 0 Å². The van der Waals surface area contributed by atoms with Crippen LogP contribution in [0.3, 0.4) is 0 Å². The molecule has 1 aromatic carbocycles. The van der Waals surface area contributed by atoms with Crippen LogP contribution in [0.15, 0.2) is 41.6 Å². The average Bonchev–Trinajstić information content (AvgIpc) is 2.28. The maximum atomic E-state index is 2.47. The molecule has 1 rings (SSSR count). The molecule has 94 valence electrons. The summed E-state index contributed by atoms with van der Waals surface area (Å²) in [6, 6.07) is 11.1. The second-order valence-corrected chi connectivity index (χ2v) is 9.76. The van der Waals surface area contributed by atoms with E-state index in [0.717, 1.165) is 6.42 Å². The summed E-state index contributed by atoms with van der Waals surface area (Å²) in [5, 5.41) is 3.71. The van der Waals surface area contributed by atoms with Crippen LogP contribution in [0.2, 0.25) is 5.04 Å². The van der Waals surface area contributed by atoms with Crippen LogP contribution >= 0.6 is 0 Å². The van der Waals surface area contributed by atoms with Gasteiger partial charge in [0.15, 0.2) is 0 Å². The molecule has 0 saturated heterocycles. The minimum Gasteiger partial charge on any atom is -0.0893 e. The summed E-state index contributed by atoms with van der Waals surface area (Å²) >= 11 is 0. The summed E-state index contributed by atoms with van der Waals surface area (Å²) in [5.41, 5.74) is 0. The van der Waals surface area contributed by atoms with Crippen molar-refractivity contribution < 1.29 is 0 Å². The molecule has 0 radical (unpaired) electrons. The van der Waals surface area contributed by atoms with Gasteiger partial charge in [0.1, 0.15) is 8.80 Å². The van der Waals surface area contributed by atoms with Gasteiger partial charge in [-0.1, -0.05) is 81.4 Å². The molecular formula is C16H26Si. The van der Waals surface area contributed by atoms with Crippen LogP contribution in [0.5, 0.6) is 0 Å². The molecule has 1 atom stereocenters. The summed E-state index contributed by atoms with van der Waals surface area (Å²) in [6.07, 6.45) is 4.83. The molecule has 0 unspecified atom stereocenters. The van der Waals surface area contributed by atoms with Crippen LogP contribution in [0, 0.1) is 0 Å². The highest BCUT2D eigenvalue weighted by Crippen LogP contribution is 2.32. The summed E-state index contributed by atoms with van der Waals surface area (Å²) in [5.74, 6) is 0. The Morgan fingerprint density at radius 1 is 1.12 bits per heavy atom. The maximum Gasteiger partial charge on any atom is 0.102 e. The van der Waals surface area contributed by atoms with Crippen molar-refractivity contribution in [2.24, 2.45) is 0 Å². The lowest BCUT2D eigenvalue weighted by Crippen LogP contribution is -2.40. The van der Waals surface area contributed by atoms with Crippen LogP contribution in [-0.2, 0) is 0 Å². The molecule has 0 fully saturated rings. The van der Waals surface area contributed by atoms with Crippen LogP contribution < -0.4 is 5.19 Å². The number of benzene rings is 1. The van der Waals surface area contributed by atoms with Gasteiger partial charge in [0.25, 0.3) is 0 Å². The first kappa shape index (κ1) is 14.2. The molecule has 0 N–H and O–H groups in total. The Morgan fingerprint density at radius 3 is 2.12 bits per heavy atom. The average molecular weight is 246 g/mol. The fourth-order valence-corrected chi connectivity index (χ4v) is 6.67. The van der Waals surface area contributed by atoms with Gasteiger partial charge in [0.2, 0.25) is 0 Å². The van der Waals surface area contributed by atoms with Crippen LogP contribution in [0.25, 0.3) is 0 Å². The minimum atomic E-state index is -1.05. The quantitative estimate of drug-likeness (QED) is 0.698. The number of allylic oxidation sites excluding steroid dienone is 2. The summed E-state index contributed by atoms with van der Waals surface area (Å²) in [6.45, 7) is 11.7. The topological polar surface area (TPSA) is 0 Å². The zero-order valence-corrected chi connectivity index (χ0v) is 13.1. The lowest BCUT2D eigenvalue weighted by Gasteiger charge is -2.32. The number of rotatable bonds is 4. The normalized spacial score (nSPS) is 14.8. The van der Waals surface area contributed by atoms with Crippen LogP contribution in [-0.4, -0.2) is 8.80 Å². The zero-order chi connectivity index (χ0) is 12.9. The first-order valence-corrected chi connectivity index (χ1v) is 8.47. The molecule has 0 heterocycles. The van der Waals surface area contributed by atoms with E-state index in [-0.39, 0.29) is 0 Å². The molecule has 0 amide bonds. The van der Waals surface area contributed by atoms with Crippen molar-refractivity contribution in [2.75, 3.05) is 0 Å². The monoisotopic (exact) mass is 246 g/mol. The molecule has 1 heteroatoms. The summed E-state index contributed by atoms with van der Waals surface area (Å²) in [4.78, 5) is 0. The Balaban J connectivity index is 3.18. The third-order valence-corrected chi connectivity index (χ3v) is 7.41. The SMILES string of the molecule is CC/C=C(\CC)[Si@@H](c1ccccc1)C(C)(C)C. The molecule has 0 aliphatic heterocycles. The molecule has 17 heavy (non-hydrogen) atoms. The molecule has 0 aromatic heterocycles. The fourth-order valence-electron chi connectivity index (χ4n) is 2.64. The van der Waals surface area contributed by atoms with Crippen molar-refractivity contribution in [2.45, 2.75) is 52.5 Å².